The van der Waals surface area contributed by atoms with Crippen LogP contribution in [0, 0.1) is 5.82 Å². The van der Waals surface area contributed by atoms with Gasteiger partial charge in [0.25, 0.3) is 0 Å². The predicted octanol–water partition coefficient (Wildman–Crippen LogP) is 2.88. The van der Waals surface area contributed by atoms with Crippen LogP contribution >= 0.6 is 11.6 Å². The van der Waals surface area contributed by atoms with Gasteiger partial charge in [-0.25, -0.2) is 4.39 Å². The van der Waals surface area contributed by atoms with Crippen molar-refractivity contribution in [2.45, 2.75) is 25.3 Å². The van der Waals surface area contributed by atoms with Gasteiger partial charge in [-0.1, -0.05) is 11.6 Å². The number of hydrazine groups is 1. The zero-order chi connectivity index (χ0) is 14.4. The molecule has 0 aliphatic carbocycles. The van der Waals surface area contributed by atoms with E-state index < -0.39 is 0 Å². The van der Waals surface area contributed by atoms with Crippen LogP contribution in [0.2, 0.25) is 5.02 Å². The molecule has 0 saturated heterocycles. The van der Waals surface area contributed by atoms with Crippen LogP contribution in [-0.2, 0) is 12.8 Å². The summed E-state index contributed by atoms with van der Waals surface area (Å²) in [6.07, 6.45) is 5.70. The summed E-state index contributed by atoms with van der Waals surface area (Å²) in [5.74, 6) is 5.30. The highest BCUT2D eigenvalue weighted by molar-refractivity contribution is 6.30. The molecule has 0 amide bonds. The Morgan fingerprint density at radius 1 is 1.25 bits per heavy atom. The minimum Gasteiger partial charge on any atom is -0.271 e. The molecule has 3 N–H and O–H groups in total. The maximum Gasteiger partial charge on any atom is 0.126 e. The maximum atomic E-state index is 13.7. The summed E-state index contributed by atoms with van der Waals surface area (Å²) >= 11 is 5.89. The number of benzene rings is 1. The first-order chi connectivity index (χ1) is 9.69. The largest absolute Gasteiger partial charge is 0.271 e. The highest BCUT2D eigenvalue weighted by Crippen LogP contribution is 2.17. The molecule has 1 atom stereocenters. The fourth-order valence-corrected chi connectivity index (χ4v) is 2.29. The summed E-state index contributed by atoms with van der Waals surface area (Å²) in [6.45, 7) is 0. The first-order valence-corrected chi connectivity index (χ1v) is 6.86. The van der Waals surface area contributed by atoms with E-state index in [1.54, 1.807) is 24.5 Å². The van der Waals surface area contributed by atoms with Gasteiger partial charge in [0.15, 0.2) is 0 Å². The van der Waals surface area contributed by atoms with Crippen molar-refractivity contribution in [3.05, 3.63) is 64.7 Å². The van der Waals surface area contributed by atoms with E-state index in [1.807, 2.05) is 12.1 Å². The smallest absolute Gasteiger partial charge is 0.126 e. The lowest BCUT2D eigenvalue weighted by atomic mass is 9.99. The normalized spacial score (nSPS) is 12.3. The Labute approximate surface area is 122 Å². The van der Waals surface area contributed by atoms with E-state index in [1.165, 1.54) is 11.6 Å². The Bertz CT molecular complexity index is 548. The van der Waals surface area contributed by atoms with Gasteiger partial charge in [0.2, 0.25) is 0 Å². The minimum atomic E-state index is -0.251. The molecule has 5 heteroatoms. The monoisotopic (exact) mass is 293 g/mol. The fourth-order valence-electron chi connectivity index (χ4n) is 2.10. The van der Waals surface area contributed by atoms with Crippen molar-refractivity contribution in [3.8, 4) is 0 Å². The topological polar surface area (TPSA) is 50.9 Å². The zero-order valence-electron chi connectivity index (χ0n) is 11.0. The fraction of sp³-hybridized carbons (Fsp3) is 0.267. The molecule has 0 fully saturated rings. The molecule has 2 rings (SSSR count). The number of nitrogens with one attached hydrogen (secondary N) is 1. The second-order valence-electron chi connectivity index (χ2n) is 4.70. The average molecular weight is 294 g/mol. The number of nitrogens with two attached hydrogens (primary N) is 1. The number of pyridine rings is 1. The van der Waals surface area contributed by atoms with Crippen LogP contribution in [0.25, 0.3) is 0 Å². The molecule has 1 unspecified atom stereocenters. The van der Waals surface area contributed by atoms with E-state index in [2.05, 4.69) is 10.4 Å². The first kappa shape index (κ1) is 14.9. The van der Waals surface area contributed by atoms with Crippen LogP contribution in [0.3, 0.4) is 0 Å². The minimum absolute atomic E-state index is 0.00358. The van der Waals surface area contributed by atoms with Crippen molar-refractivity contribution in [2.24, 2.45) is 5.84 Å². The molecule has 106 valence electrons. The molecule has 1 aromatic carbocycles. The molecule has 1 heterocycles. The summed E-state index contributed by atoms with van der Waals surface area (Å²) < 4.78 is 13.7. The molecule has 0 aliphatic heterocycles. The second-order valence-corrected chi connectivity index (χ2v) is 5.13. The van der Waals surface area contributed by atoms with Crippen molar-refractivity contribution >= 4 is 11.6 Å². The molecule has 2 aromatic rings. The Hall–Kier alpha value is -1.49. The molecule has 0 radical (unpaired) electrons. The number of rotatable bonds is 6. The summed E-state index contributed by atoms with van der Waals surface area (Å²) in [5, 5.41) is 0.534. The van der Waals surface area contributed by atoms with Crippen molar-refractivity contribution in [1.82, 2.24) is 10.4 Å². The Morgan fingerprint density at radius 3 is 2.70 bits per heavy atom. The molecule has 3 nitrogen and oxygen atoms in total. The lowest BCUT2D eigenvalue weighted by Crippen LogP contribution is -2.37. The van der Waals surface area contributed by atoms with Gasteiger partial charge in [-0.3, -0.25) is 16.3 Å². The number of hydrogen-bond donors (Lipinski definition) is 2. The number of nitrogens with zero attached hydrogens (tertiary/aromatic N) is 1. The first-order valence-electron chi connectivity index (χ1n) is 6.48. The number of halogens is 2. The van der Waals surface area contributed by atoms with Crippen LogP contribution < -0.4 is 11.3 Å². The van der Waals surface area contributed by atoms with Gasteiger partial charge in [-0.15, -0.1) is 0 Å². The van der Waals surface area contributed by atoms with Gasteiger partial charge >= 0.3 is 0 Å². The number of aryl methyl sites for hydroxylation is 1. The van der Waals surface area contributed by atoms with Gasteiger partial charge in [-0.2, -0.15) is 0 Å². The highest BCUT2D eigenvalue weighted by Gasteiger charge is 2.11. The molecule has 0 aliphatic rings. The van der Waals surface area contributed by atoms with Crippen molar-refractivity contribution in [1.29, 1.82) is 0 Å². The summed E-state index contributed by atoms with van der Waals surface area (Å²) in [4.78, 5) is 3.98. The van der Waals surface area contributed by atoms with Crippen molar-refractivity contribution < 1.29 is 4.39 Å². The Morgan fingerprint density at radius 2 is 2.00 bits per heavy atom. The quantitative estimate of drug-likeness (QED) is 0.636. The maximum absolute atomic E-state index is 13.7. The highest BCUT2D eigenvalue weighted by atomic mass is 35.5. The van der Waals surface area contributed by atoms with Gasteiger partial charge in [0.1, 0.15) is 5.82 Å². The van der Waals surface area contributed by atoms with Crippen molar-refractivity contribution in [3.63, 3.8) is 0 Å². The van der Waals surface area contributed by atoms with E-state index >= 15 is 0 Å². The number of aromatic nitrogens is 1. The lowest BCUT2D eigenvalue weighted by molar-refractivity contribution is 0.480. The Balaban J connectivity index is 1.97. The third-order valence-electron chi connectivity index (χ3n) is 3.24. The van der Waals surface area contributed by atoms with Gasteiger partial charge < -0.3 is 0 Å². The second kappa shape index (κ2) is 7.33. The van der Waals surface area contributed by atoms with Gasteiger partial charge in [0.05, 0.1) is 0 Å². The summed E-state index contributed by atoms with van der Waals surface area (Å²) in [5.41, 5.74) is 4.51. The Kier molecular flexibility index (Phi) is 5.47. The molecule has 0 saturated carbocycles. The summed E-state index contributed by atoms with van der Waals surface area (Å²) in [7, 11) is 0. The van der Waals surface area contributed by atoms with Crippen molar-refractivity contribution in [2.75, 3.05) is 0 Å². The molecule has 0 spiro atoms. The van der Waals surface area contributed by atoms with Crippen LogP contribution in [0.1, 0.15) is 17.5 Å². The van der Waals surface area contributed by atoms with E-state index in [-0.39, 0.29) is 11.9 Å². The predicted molar refractivity (Wildman–Crippen MR) is 78.8 cm³/mol. The summed E-state index contributed by atoms with van der Waals surface area (Å²) in [6, 6.07) is 8.50. The SMILES string of the molecule is NNC(CCc1ccncc1)Cc1cc(Cl)ccc1F. The number of hydrogen-bond acceptors (Lipinski definition) is 3. The van der Waals surface area contributed by atoms with Crippen LogP contribution in [-0.4, -0.2) is 11.0 Å². The third kappa shape index (κ3) is 4.27. The molecule has 1 aromatic heterocycles. The van der Waals surface area contributed by atoms with E-state index in [0.29, 0.717) is 17.0 Å². The molecule has 20 heavy (non-hydrogen) atoms. The van der Waals surface area contributed by atoms with E-state index in [4.69, 9.17) is 17.4 Å². The zero-order valence-corrected chi connectivity index (χ0v) is 11.8. The van der Waals surface area contributed by atoms with Crippen LogP contribution in [0.5, 0.6) is 0 Å². The lowest BCUT2D eigenvalue weighted by Gasteiger charge is -2.16. The average Bonchev–Trinajstić information content (AvgIpc) is 2.48. The van der Waals surface area contributed by atoms with Gasteiger partial charge in [0, 0.05) is 23.5 Å². The van der Waals surface area contributed by atoms with Crippen LogP contribution in [0.4, 0.5) is 4.39 Å². The molecular weight excluding hydrogens is 277 g/mol. The van der Waals surface area contributed by atoms with E-state index in [0.717, 1.165) is 12.8 Å². The molecule has 0 bridgehead atoms. The van der Waals surface area contributed by atoms with Gasteiger partial charge in [-0.05, 0) is 60.7 Å². The molecular formula is C15H17ClFN3. The third-order valence-corrected chi connectivity index (χ3v) is 3.48. The van der Waals surface area contributed by atoms with E-state index in [9.17, 15) is 4.39 Å². The van der Waals surface area contributed by atoms with Crippen LogP contribution in [0.15, 0.2) is 42.7 Å². The standard InChI is InChI=1S/C15H17ClFN3/c16-13-2-4-15(17)12(9-13)10-14(20-18)3-1-11-5-7-19-8-6-11/h2,4-9,14,20H,1,3,10,18H2.